The van der Waals surface area contributed by atoms with Crippen molar-refractivity contribution in [2.75, 3.05) is 0 Å². The number of benzene rings is 1. The molecule has 0 heterocycles. The fourth-order valence-corrected chi connectivity index (χ4v) is 2.12. The maximum atomic E-state index is 6.01. The highest BCUT2D eigenvalue weighted by molar-refractivity contribution is 5.85. The first-order chi connectivity index (χ1) is 6.48. The summed E-state index contributed by atoms with van der Waals surface area (Å²) in [5.41, 5.74) is 10.5. The summed E-state index contributed by atoms with van der Waals surface area (Å²) in [6.07, 6.45) is 2.27. The first-order valence-corrected chi connectivity index (χ1v) is 5.37. The number of hydrogen-bond acceptors (Lipinski definition) is 1. The summed E-state index contributed by atoms with van der Waals surface area (Å²) in [4.78, 5) is 0. The number of fused-ring (bicyclic) bond motifs is 1. The Labute approximate surface area is 98.5 Å². The lowest BCUT2D eigenvalue weighted by molar-refractivity contribution is 0.589. The van der Waals surface area contributed by atoms with E-state index >= 15 is 0 Å². The Balaban J connectivity index is 0.00000112. The van der Waals surface area contributed by atoms with Crippen LogP contribution >= 0.6 is 12.4 Å². The van der Waals surface area contributed by atoms with Crippen LogP contribution in [0.4, 0.5) is 0 Å². The molecule has 0 bridgehead atoms. The number of nitrogens with two attached hydrogens (primary N) is 1. The molecule has 1 unspecified atom stereocenters. The molecule has 1 aliphatic rings. The quantitative estimate of drug-likeness (QED) is 0.720. The summed E-state index contributed by atoms with van der Waals surface area (Å²) in [6.45, 7) is 6.76. The Morgan fingerprint density at radius 1 is 1.27 bits per heavy atom. The second-order valence-electron chi connectivity index (χ2n) is 5.31. The Hall–Kier alpha value is -0.530. The Morgan fingerprint density at radius 2 is 1.93 bits per heavy atom. The third-order valence-corrected chi connectivity index (χ3v) is 3.13. The van der Waals surface area contributed by atoms with Gasteiger partial charge in [0.05, 0.1) is 0 Å². The van der Waals surface area contributed by atoms with Crippen LogP contribution in [-0.2, 0) is 11.8 Å². The van der Waals surface area contributed by atoms with Crippen molar-refractivity contribution in [3.63, 3.8) is 0 Å². The van der Waals surface area contributed by atoms with Gasteiger partial charge in [0.15, 0.2) is 0 Å². The molecule has 0 spiro atoms. The van der Waals surface area contributed by atoms with E-state index < -0.39 is 0 Å². The van der Waals surface area contributed by atoms with Crippen molar-refractivity contribution in [2.24, 2.45) is 5.73 Å². The molecule has 1 aromatic carbocycles. The standard InChI is InChI=1S/C13H19N.ClH/c1-13(2,3)10-5-6-11-9(8-10)4-7-12(11)14;/h5-6,8,12H,4,7,14H2,1-3H3;1H. The number of aryl methyl sites for hydroxylation is 1. The van der Waals surface area contributed by atoms with Gasteiger partial charge in [-0.3, -0.25) is 0 Å². The lowest BCUT2D eigenvalue weighted by Gasteiger charge is -2.20. The molecular formula is C13H20ClN. The van der Waals surface area contributed by atoms with Crippen LogP contribution in [0.1, 0.15) is 49.9 Å². The van der Waals surface area contributed by atoms with Crippen LogP contribution in [0.5, 0.6) is 0 Å². The lowest BCUT2D eigenvalue weighted by Crippen LogP contribution is -2.12. The summed E-state index contributed by atoms with van der Waals surface area (Å²) >= 11 is 0. The van der Waals surface area contributed by atoms with E-state index in [0.29, 0.717) is 0 Å². The molecule has 0 fully saturated rings. The average Bonchev–Trinajstić information content (AvgIpc) is 2.46. The second kappa shape index (κ2) is 4.15. The smallest absolute Gasteiger partial charge is 0.0300 e. The fraction of sp³-hybridized carbons (Fsp3) is 0.538. The van der Waals surface area contributed by atoms with Crippen LogP contribution in [0.2, 0.25) is 0 Å². The van der Waals surface area contributed by atoms with E-state index in [1.165, 1.54) is 16.7 Å². The molecule has 1 atom stereocenters. The molecule has 0 radical (unpaired) electrons. The third kappa shape index (κ3) is 2.35. The minimum Gasteiger partial charge on any atom is -0.324 e. The molecule has 0 saturated carbocycles. The van der Waals surface area contributed by atoms with E-state index in [9.17, 15) is 0 Å². The predicted octanol–water partition coefficient (Wildman–Crippen LogP) is 3.35. The first-order valence-electron chi connectivity index (χ1n) is 5.37. The van der Waals surface area contributed by atoms with Crippen LogP contribution in [0.25, 0.3) is 0 Å². The number of rotatable bonds is 0. The van der Waals surface area contributed by atoms with Gasteiger partial charge in [-0.1, -0.05) is 39.0 Å². The molecule has 0 amide bonds. The zero-order valence-corrected chi connectivity index (χ0v) is 10.5. The summed E-state index contributed by atoms with van der Waals surface area (Å²) in [5, 5.41) is 0. The van der Waals surface area contributed by atoms with Crippen LogP contribution in [0.3, 0.4) is 0 Å². The summed E-state index contributed by atoms with van der Waals surface area (Å²) in [7, 11) is 0. The highest BCUT2D eigenvalue weighted by Crippen LogP contribution is 2.32. The molecule has 0 aliphatic heterocycles. The van der Waals surface area contributed by atoms with E-state index in [1.54, 1.807) is 0 Å². The van der Waals surface area contributed by atoms with Gasteiger partial charge in [-0.25, -0.2) is 0 Å². The van der Waals surface area contributed by atoms with Crippen molar-refractivity contribution >= 4 is 12.4 Å². The first kappa shape index (κ1) is 12.5. The van der Waals surface area contributed by atoms with Gasteiger partial charge in [-0.05, 0) is 34.9 Å². The van der Waals surface area contributed by atoms with Crippen LogP contribution in [-0.4, -0.2) is 0 Å². The summed E-state index contributed by atoms with van der Waals surface area (Å²) in [5.74, 6) is 0. The Bertz CT molecular complexity index is 352. The van der Waals surface area contributed by atoms with E-state index in [4.69, 9.17) is 5.73 Å². The normalized spacial score (nSPS) is 19.6. The van der Waals surface area contributed by atoms with E-state index in [1.807, 2.05) is 0 Å². The molecule has 1 nitrogen and oxygen atoms in total. The van der Waals surface area contributed by atoms with Gasteiger partial charge in [-0.15, -0.1) is 12.4 Å². The van der Waals surface area contributed by atoms with Crippen molar-refractivity contribution in [3.05, 3.63) is 34.9 Å². The highest BCUT2D eigenvalue weighted by atomic mass is 35.5. The monoisotopic (exact) mass is 225 g/mol. The van der Waals surface area contributed by atoms with Crippen LogP contribution in [0, 0.1) is 0 Å². The minimum absolute atomic E-state index is 0. The largest absolute Gasteiger partial charge is 0.324 e. The second-order valence-corrected chi connectivity index (χ2v) is 5.31. The molecule has 0 saturated heterocycles. The molecule has 84 valence electrons. The van der Waals surface area contributed by atoms with Gasteiger partial charge in [0.2, 0.25) is 0 Å². The van der Waals surface area contributed by atoms with Crippen LogP contribution in [0.15, 0.2) is 18.2 Å². The fourth-order valence-electron chi connectivity index (χ4n) is 2.12. The summed E-state index contributed by atoms with van der Waals surface area (Å²) in [6, 6.07) is 7.05. The van der Waals surface area contributed by atoms with Crippen molar-refractivity contribution in [3.8, 4) is 0 Å². The molecule has 2 N–H and O–H groups in total. The molecule has 2 heteroatoms. The van der Waals surface area contributed by atoms with E-state index in [-0.39, 0.29) is 23.9 Å². The Morgan fingerprint density at radius 3 is 2.53 bits per heavy atom. The third-order valence-electron chi connectivity index (χ3n) is 3.13. The van der Waals surface area contributed by atoms with Crippen molar-refractivity contribution in [2.45, 2.75) is 45.1 Å². The average molecular weight is 226 g/mol. The zero-order chi connectivity index (χ0) is 10.3. The summed E-state index contributed by atoms with van der Waals surface area (Å²) < 4.78 is 0. The van der Waals surface area contributed by atoms with E-state index in [2.05, 4.69) is 39.0 Å². The maximum Gasteiger partial charge on any atom is 0.0300 e. The number of hydrogen-bond donors (Lipinski definition) is 1. The van der Waals surface area contributed by atoms with Gasteiger partial charge in [-0.2, -0.15) is 0 Å². The van der Waals surface area contributed by atoms with Gasteiger partial charge < -0.3 is 5.73 Å². The van der Waals surface area contributed by atoms with E-state index in [0.717, 1.165) is 12.8 Å². The molecule has 1 aromatic rings. The SMILES string of the molecule is CC(C)(C)c1ccc2c(c1)CCC2N.Cl. The van der Waals surface area contributed by atoms with Gasteiger partial charge >= 0.3 is 0 Å². The van der Waals surface area contributed by atoms with Crippen molar-refractivity contribution < 1.29 is 0 Å². The van der Waals surface area contributed by atoms with Crippen molar-refractivity contribution in [1.29, 1.82) is 0 Å². The van der Waals surface area contributed by atoms with Gasteiger partial charge in [0.25, 0.3) is 0 Å². The highest BCUT2D eigenvalue weighted by Gasteiger charge is 2.21. The molecule has 2 rings (SSSR count). The zero-order valence-electron chi connectivity index (χ0n) is 9.71. The maximum absolute atomic E-state index is 6.01. The predicted molar refractivity (Wildman–Crippen MR) is 67.6 cm³/mol. The molecule has 0 aromatic heterocycles. The Kier molecular flexibility index (Phi) is 3.47. The van der Waals surface area contributed by atoms with Crippen LogP contribution < -0.4 is 5.73 Å². The molecular weight excluding hydrogens is 206 g/mol. The topological polar surface area (TPSA) is 26.0 Å². The van der Waals surface area contributed by atoms with Gasteiger partial charge in [0, 0.05) is 6.04 Å². The molecule has 1 aliphatic carbocycles. The van der Waals surface area contributed by atoms with Gasteiger partial charge in [0.1, 0.15) is 0 Å². The molecule has 15 heavy (non-hydrogen) atoms. The van der Waals surface area contributed by atoms with Crippen molar-refractivity contribution in [1.82, 2.24) is 0 Å². The number of halogens is 1. The minimum atomic E-state index is 0. The lowest BCUT2D eigenvalue weighted by atomic mass is 9.85.